The first-order valence-corrected chi connectivity index (χ1v) is 8.17. The molecule has 0 aliphatic rings. The van der Waals surface area contributed by atoms with Crippen LogP contribution < -0.4 is 15.5 Å². The molecule has 0 bridgehead atoms. The van der Waals surface area contributed by atoms with Gasteiger partial charge >= 0.3 is 11.8 Å². The van der Waals surface area contributed by atoms with Crippen LogP contribution in [0, 0.1) is 5.82 Å². The van der Waals surface area contributed by atoms with Crippen molar-refractivity contribution >= 4 is 18.0 Å². The van der Waals surface area contributed by atoms with E-state index in [2.05, 4.69) is 15.8 Å². The zero-order valence-corrected chi connectivity index (χ0v) is 14.4. The van der Waals surface area contributed by atoms with Crippen LogP contribution >= 0.6 is 0 Å². The molecule has 0 saturated heterocycles. The van der Waals surface area contributed by atoms with Crippen LogP contribution in [0.3, 0.4) is 0 Å². The van der Waals surface area contributed by atoms with Crippen LogP contribution in [0.4, 0.5) is 4.39 Å². The van der Waals surface area contributed by atoms with Gasteiger partial charge in [-0.1, -0.05) is 31.2 Å². The van der Waals surface area contributed by atoms with E-state index in [0.717, 1.165) is 12.0 Å². The van der Waals surface area contributed by atoms with Crippen molar-refractivity contribution in [2.75, 3.05) is 6.54 Å². The van der Waals surface area contributed by atoms with Gasteiger partial charge in [0.1, 0.15) is 18.2 Å². The van der Waals surface area contributed by atoms with Crippen LogP contribution in [0.2, 0.25) is 0 Å². The highest BCUT2D eigenvalue weighted by Crippen LogP contribution is 2.14. The number of ether oxygens (including phenoxy) is 1. The van der Waals surface area contributed by atoms with Crippen molar-refractivity contribution in [1.29, 1.82) is 0 Å². The van der Waals surface area contributed by atoms with Gasteiger partial charge in [-0.05, 0) is 41.8 Å². The number of amides is 2. The number of benzene rings is 2. The molecule has 7 heteroatoms. The highest BCUT2D eigenvalue weighted by molar-refractivity contribution is 6.35. The summed E-state index contributed by atoms with van der Waals surface area (Å²) < 4.78 is 18.8. The quantitative estimate of drug-likeness (QED) is 0.454. The molecule has 26 heavy (non-hydrogen) atoms. The van der Waals surface area contributed by atoms with E-state index in [1.54, 1.807) is 36.4 Å². The topological polar surface area (TPSA) is 79.8 Å². The summed E-state index contributed by atoms with van der Waals surface area (Å²) in [5.41, 5.74) is 3.55. The molecule has 136 valence electrons. The normalized spacial score (nSPS) is 10.5. The summed E-state index contributed by atoms with van der Waals surface area (Å²) >= 11 is 0. The zero-order chi connectivity index (χ0) is 18.8. The van der Waals surface area contributed by atoms with Crippen LogP contribution in [0.1, 0.15) is 24.5 Å². The first kappa shape index (κ1) is 19.1. The number of carbonyl (C=O) groups excluding carboxylic acids is 2. The van der Waals surface area contributed by atoms with Crippen LogP contribution in [0.5, 0.6) is 5.75 Å². The van der Waals surface area contributed by atoms with Crippen LogP contribution in [0.25, 0.3) is 0 Å². The summed E-state index contributed by atoms with van der Waals surface area (Å²) in [4.78, 5) is 22.9. The van der Waals surface area contributed by atoms with Crippen molar-refractivity contribution in [3.63, 3.8) is 0 Å². The molecule has 0 saturated carbocycles. The number of rotatable bonds is 7. The molecule has 0 heterocycles. The zero-order valence-electron chi connectivity index (χ0n) is 14.4. The second-order valence-electron chi connectivity index (χ2n) is 5.45. The average molecular weight is 357 g/mol. The molecular weight excluding hydrogens is 337 g/mol. The van der Waals surface area contributed by atoms with Gasteiger partial charge in [0.15, 0.2) is 0 Å². The van der Waals surface area contributed by atoms with Crippen molar-refractivity contribution in [2.24, 2.45) is 5.10 Å². The van der Waals surface area contributed by atoms with Gasteiger partial charge in [-0.2, -0.15) is 5.10 Å². The first-order valence-electron chi connectivity index (χ1n) is 8.17. The third kappa shape index (κ3) is 6.35. The van der Waals surface area contributed by atoms with E-state index in [4.69, 9.17) is 4.74 Å². The van der Waals surface area contributed by atoms with E-state index >= 15 is 0 Å². The third-order valence-electron chi connectivity index (χ3n) is 3.27. The van der Waals surface area contributed by atoms with Crippen LogP contribution in [0.15, 0.2) is 53.6 Å². The Kier molecular flexibility index (Phi) is 7.30. The predicted octanol–water partition coefficient (Wildman–Crippen LogP) is 2.38. The van der Waals surface area contributed by atoms with Gasteiger partial charge in [-0.25, -0.2) is 9.82 Å². The third-order valence-corrected chi connectivity index (χ3v) is 3.27. The van der Waals surface area contributed by atoms with Crippen LogP contribution in [-0.4, -0.2) is 24.6 Å². The SMILES string of the molecule is CCCNC(=O)C(=O)N/N=C\c1cccc(OCc2cccc(F)c2)c1. The second kappa shape index (κ2) is 9.93. The van der Waals surface area contributed by atoms with Crippen LogP contribution in [-0.2, 0) is 16.2 Å². The molecule has 2 aromatic rings. The molecule has 2 aromatic carbocycles. The Balaban J connectivity index is 1.88. The smallest absolute Gasteiger partial charge is 0.329 e. The fourth-order valence-corrected chi connectivity index (χ4v) is 2.01. The summed E-state index contributed by atoms with van der Waals surface area (Å²) in [6.07, 6.45) is 2.14. The summed E-state index contributed by atoms with van der Waals surface area (Å²) in [6.45, 7) is 2.55. The molecule has 0 atom stereocenters. The van der Waals surface area contributed by atoms with E-state index in [0.29, 0.717) is 17.9 Å². The Hall–Kier alpha value is -3.22. The van der Waals surface area contributed by atoms with Gasteiger partial charge in [-0.15, -0.1) is 0 Å². The summed E-state index contributed by atoms with van der Waals surface area (Å²) in [7, 11) is 0. The van der Waals surface area contributed by atoms with Gasteiger partial charge in [0.05, 0.1) is 6.21 Å². The molecule has 0 aliphatic carbocycles. The minimum Gasteiger partial charge on any atom is -0.489 e. The molecule has 2 rings (SSSR count). The van der Waals surface area contributed by atoms with E-state index < -0.39 is 11.8 Å². The molecular formula is C19H20FN3O3. The van der Waals surface area contributed by atoms with Gasteiger partial charge < -0.3 is 10.1 Å². The Morgan fingerprint density at radius 3 is 2.73 bits per heavy atom. The fraction of sp³-hybridized carbons (Fsp3) is 0.211. The highest BCUT2D eigenvalue weighted by Gasteiger charge is 2.10. The first-order chi connectivity index (χ1) is 12.6. The molecule has 0 aliphatic heterocycles. The Labute approximate surface area is 151 Å². The molecule has 0 spiro atoms. The van der Waals surface area contributed by atoms with Gasteiger partial charge in [-0.3, -0.25) is 9.59 Å². The standard InChI is InChI=1S/C19H20FN3O3/c1-2-9-21-18(24)19(25)23-22-12-14-5-4-8-17(11-14)26-13-15-6-3-7-16(20)10-15/h3-8,10-12H,2,9,13H2,1H3,(H,21,24)(H,23,25)/b22-12-. The molecule has 0 fully saturated rings. The lowest BCUT2D eigenvalue weighted by Gasteiger charge is -2.07. The van der Waals surface area contributed by atoms with E-state index in [1.165, 1.54) is 18.3 Å². The fourth-order valence-electron chi connectivity index (χ4n) is 2.01. The van der Waals surface area contributed by atoms with E-state index in [-0.39, 0.29) is 12.4 Å². The molecule has 2 N–H and O–H groups in total. The monoisotopic (exact) mass is 357 g/mol. The minimum atomic E-state index is -0.826. The summed E-state index contributed by atoms with van der Waals surface area (Å²) in [6, 6.07) is 13.2. The lowest BCUT2D eigenvalue weighted by molar-refractivity contribution is -0.139. The van der Waals surface area contributed by atoms with Crippen molar-refractivity contribution in [2.45, 2.75) is 20.0 Å². The van der Waals surface area contributed by atoms with Gasteiger partial charge in [0.2, 0.25) is 0 Å². The predicted molar refractivity (Wildman–Crippen MR) is 96.2 cm³/mol. The minimum absolute atomic E-state index is 0.229. The largest absolute Gasteiger partial charge is 0.489 e. The van der Waals surface area contributed by atoms with Crippen molar-refractivity contribution in [3.05, 3.63) is 65.5 Å². The molecule has 0 aromatic heterocycles. The number of nitrogens with one attached hydrogen (secondary N) is 2. The lowest BCUT2D eigenvalue weighted by Crippen LogP contribution is -2.38. The molecule has 2 amide bonds. The Bertz CT molecular complexity index is 793. The molecule has 0 unspecified atom stereocenters. The van der Waals surface area contributed by atoms with Crippen molar-refractivity contribution in [3.8, 4) is 5.75 Å². The Morgan fingerprint density at radius 2 is 1.96 bits per heavy atom. The second-order valence-corrected chi connectivity index (χ2v) is 5.45. The highest BCUT2D eigenvalue weighted by atomic mass is 19.1. The summed E-state index contributed by atoms with van der Waals surface area (Å²) in [5.74, 6) is -1.29. The number of halogens is 1. The maximum absolute atomic E-state index is 13.2. The molecule has 6 nitrogen and oxygen atoms in total. The van der Waals surface area contributed by atoms with E-state index in [9.17, 15) is 14.0 Å². The number of hydrogen-bond donors (Lipinski definition) is 2. The summed E-state index contributed by atoms with van der Waals surface area (Å²) in [5, 5.41) is 6.21. The number of carbonyl (C=O) groups is 2. The van der Waals surface area contributed by atoms with Crippen molar-refractivity contribution < 1.29 is 18.7 Å². The maximum Gasteiger partial charge on any atom is 0.329 e. The Morgan fingerprint density at radius 1 is 1.15 bits per heavy atom. The number of hydrogen-bond acceptors (Lipinski definition) is 4. The molecule has 0 radical (unpaired) electrons. The van der Waals surface area contributed by atoms with E-state index in [1.807, 2.05) is 6.92 Å². The van der Waals surface area contributed by atoms with Gasteiger partial charge in [0, 0.05) is 6.54 Å². The van der Waals surface area contributed by atoms with Crippen molar-refractivity contribution in [1.82, 2.24) is 10.7 Å². The average Bonchev–Trinajstić information content (AvgIpc) is 2.65. The van der Waals surface area contributed by atoms with Gasteiger partial charge in [0.25, 0.3) is 0 Å². The lowest BCUT2D eigenvalue weighted by atomic mass is 10.2. The maximum atomic E-state index is 13.2. The number of hydrazone groups is 1. The number of nitrogens with zero attached hydrogens (tertiary/aromatic N) is 1.